The fourth-order valence-corrected chi connectivity index (χ4v) is 3.10. The second-order valence-electron chi connectivity index (χ2n) is 6.50. The molecule has 0 bridgehead atoms. The van der Waals surface area contributed by atoms with Gasteiger partial charge in [-0.15, -0.1) is 0 Å². The molecule has 1 aliphatic heterocycles. The van der Waals surface area contributed by atoms with Gasteiger partial charge < -0.3 is 15.0 Å². The molecule has 0 atom stereocenters. The smallest absolute Gasteiger partial charge is 0.120 e. The molecule has 0 amide bonds. The molecule has 3 nitrogen and oxygen atoms in total. The molecule has 1 heterocycles. The Labute approximate surface area is 149 Å². The average Bonchev–Trinajstić information content (AvgIpc) is 2.59. The number of hydrogen-bond donors (Lipinski definition) is 1. The number of nitrogens with one attached hydrogen (secondary N) is 1. The van der Waals surface area contributed by atoms with Crippen LogP contribution < -0.4 is 10.1 Å². The van der Waals surface area contributed by atoms with Crippen molar-refractivity contribution in [1.82, 2.24) is 10.2 Å². The number of ether oxygens (including phenoxy) is 1. The minimum atomic E-state index is 0.346. The predicted molar refractivity (Wildman–Crippen MR) is 99.6 cm³/mol. The van der Waals surface area contributed by atoms with Gasteiger partial charge in [0.05, 0.1) is 0 Å². The van der Waals surface area contributed by atoms with Gasteiger partial charge in [0.15, 0.2) is 0 Å². The van der Waals surface area contributed by atoms with Crippen LogP contribution in [0.1, 0.15) is 24.0 Å². The van der Waals surface area contributed by atoms with E-state index in [-0.39, 0.29) is 0 Å². The quantitative estimate of drug-likeness (QED) is 0.853. The molecule has 3 rings (SSSR count). The SMILES string of the molecule is CN1CCC(Oc2cccc(CNCc3ccc(Cl)cc3)c2)CC1. The van der Waals surface area contributed by atoms with Gasteiger partial charge in [0.2, 0.25) is 0 Å². The third-order valence-corrected chi connectivity index (χ3v) is 4.69. The van der Waals surface area contributed by atoms with Crippen molar-refractivity contribution in [2.75, 3.05) is 20.1 Å². The minimum Gasteiger partial charge on any atom is -0.490 e. The van der Waals surface area contributed by atoms with Crippen molar-refractivity contribution in [3.63, 3.8) is 0 Å². The van der Waals surface area contributed by atoms with Crippen molar-refractivity contribution in [3.05, 3.63) is 64.7 Å². The maximum Gasteiger partial charge on any atom is 0.120 e. The second-order valence-corrected chi connectivity index (χ2v) is 6.93. The zero-order chi connectivity index (χ0) is 16.8. The number of hydrogen-bond acceptors (Lipinski definition) is 3. The molecule has 4 heteroatoms. The largest absolute Gasteiger partial charge is 0.490 e. The molecule has 0 aromatic heterocycles. The number of halogens is 1. The Morgan fingerprint density at radius 1 is 1.04 bits per heavy atom. The minimum absolute atomic E-state index is 0.346. The first-order valence-corrected chi connectivity index (χ1v) is 8.96. The van der Waals surface area contributed by atoms with E-state index in [2.05, 4.69) is 53.7 Å². The summed E-state index contributed by atoms with van der Waals surface area (Å²) in [6.45, 7) is 3.89. The zero-order valence-corrected chi connectivity index (χ0v) is 14.9. The summed E-state index contributed by atoms with van der Waals surface area (Å²) in [4.78, 5) is 2.36. The first kappa shape index (κ1) is 17.3. The first-order chi connectivity index (χ1) is 11.7. The van der Waals surface area contributed by atoms with Gasteiger partial charge >= 0.3 is 0 Å². The van der Waals surface area contributed by atoms with E-state index in [0.717, 1.165) is 49.8 Å². The van der Waals surface area contributed by atoms with Gasteiger partial charge in [0.1, 0.15) is 11.9 Å². The summed E-state index contributed by atoms with van der Waals surface area (Å²) in [5.41, 5.74) is 2.48. The van der Waals surface area contributed by atoms with E-state index in [1.807, 2.05) is 12.1 Å². The lowest BCUT2D eigenvalue weighted by Crippen LogP contribution is -2.35. The van der Waals surface area contributed by atoms with E-state index < -0.39 is 0 Å². The Morgan fingerprint density at radius 2 is 1.75 bits per heavy atom. The maximum atomic E-state index is 6.15. The van der Waals surface area contributed by atoms with Crippen LogP contribution in [0, 0.1) is 0 Å². The monoisotopic (exact) mass is 344 g/mol. The van der Waals surface area contributed by atoms with Gasteiger partial charge in [-0.2, -0.15) is 0 Å². The van der Waals surface area contributed by atoms with E-state index in [0.29, 0.717) is 6.10 Å². The summed E-state index contributed by atoms with van der Waals surface area (Å²) in [6.07, 6.45) is 2.56. The molecule has 0 saturated carbocycles. The van der Waals surface area contributed by atoms with Gasteiger partial charge in [-0.05, 0) is 55.3 Å². The fourth-order valence-electron chi connectivity index (χ4n) is 2.98. The Balaban J connectivity index is 1.48. The van der Waals surface area contributed by atoms with Crippen LogP contribution in [0.3, 0.4) is 0 Å². The molecule has 128 valence electrons. The number of likely N-dealkylation sites (tertiary alicyclic amines) is 1. The highest BCUT2D eigenvalue weighted by molar-refractivity contribution is 6.30. The third kappa shape index (κ3) is 5.23. The lowest BCUT2D eigenvalue weighted by atomic mass is 10.1. The predicted octanol–water partition coefficient (Wildman–Crippen LogP) is 4.10. The van der Waals surface area contributed by atoms with Crippen LogP contribution in [0.2, 0.25) is 5.02 Å². The van der Waals surface area contributed by atoms with E-state index in [9.17, 15) is 0 Å². The number of rotatable bonds is 6. The molecule has 1 N–H and O–H groups in total. The van der Waals surface area contributed by atoms with E-state index in [4.69, 9.17) is 16.3 Å². The van der Waals surface area contributed by atoms with E-state index >= 15 is 0 Å². The summed E-state index contributed by atoms with van der Waals surface area (Å²) in [6, 6.07) is 16.4. The molecule has 24 heavy (non-hydrogen) atoms. The molecular weight excluding hydrogens is 320 g/mol. The van der Waals surface area contributed by atoms with E-state index in [1.165, 1.54) is 11.1 Å². The summed E-state index contributed by atoms with van der Waals surface area (Å²) < 4.78 is 6.15. The highest BCUT2D eigenvalue weighted by Gasteiger charge is 2.17. The lowest BCUT2D eigenvalue weighted by Gasteiger charge is -2.29. The molecule has 0 radical (unpaired) electrons. The third-order valence-electron chi connectivity index (χ3n) is 4.44. The van der Waals surface area contributed by atoms with Crippen LogP contribution in [0.25, 0.3) is 0 Å². The van der Waals surface area contributed by atoms with Crippen LogP contribution in [0.15, 0.2) is 48.5 Å². The van der Waals surface area contributed by atoms with Gasteiger partial charge in [-0.3, -0.25) is 0 Å². The topological polar surface area (TPSA) is 24.5 Å². The van der Waals surface area contributed by atoms with Crippen molar-refractivity contribution in [1.29, 1.82) is 0 Å². The molecular formula is C20H25ClN2O. The molecule has 0 unspecified atom stereocenters. The summed E-state index contributed by atoms with van der Waals surface area (Å²) in [5.74, 6) is 0.982. The van der Waals surface area contributed by atoms with Crippen molar-refractivity contribution in [2.45, 2.75) is 32.0 Å². The van der Waals surface area contributed by atoms with Crippen LogP contribution in [0.5, 0.6) is 5.75 Å². The number of benzene rings is 2. The Morgan fingerprint density at radius 3 is 2.50 bits per heavy atom. The van der Waals surface area contributed by atoms with Crippen LogP contribution >= 0.6 is 11.6 Å². The Bertz CT molecular complexity index is 636. The van der Waals surface area contributed by atoms with Crippen molar-refractivity contribution in [2.24, 2.45) is 0 Å². The molecule has 2 aromatic carbocycles. The number of piperidine rings is 1. The van der Waals surface area contributed by atoms with Crippen molar-refractivity contribution >= 4 is 11.6 Å². The average molecular weight is 345 g/mol. The van der Waals surface area contributed by atoms with Crippen molar-refractivity contribution in [3.8, 4) is 5.75 Å². The zero-order valence-electron chi connectivity index (χ0n) is 14.2. The molecule has 1 saturated heterocycles. The first-order valence-electron chi connectivity index (χ1n) is 8.58. The lowest BCUT2D eigenvalue weighted by molar-refractivity contribution is 0.114. The summed E-state index contributed by atoms with van der Waals surface area (Å²) >= 11 is 5.91. The van der Waals surface area contributed by atoms with Crippen LogP contribution in [-0.2, 0) is 13.1 Å². The summed E-state index contributed by atoms with van der Waals surface area (Å²) in [7, 11) is 2.17. The Kier molecular flexibility index (Phi) is 6.13. The van der Waals surface area contributed by atoms with Gasteiger partial charge in [-0.1, -0.05) is 35.9 Å². The molecule has 2 aromatic rings. The standard InChI is InChI=1S/C20H25ClN2O/c1-23-11-9-19(10-12-23)24-20-4-2-3-17(13-20)15-22-14-16-5-7-18(21)8-6-16/h2-8,13,19,22H,9-12,14-15H2,1H3. The molecule has 0 spiro atoms. The maximum absolute atomic E-state index is 6.15. The molecule has 0 aliphatic carbocycles. The van der Waals surface area contributed by atoms with Gasteiger partial charge in [0.25, 0.3) is 0 Å². The highest BCUT2D eigenvalue weighted by Crippen LogP contribution is 2.20. The molecule has 1 aliphatic rings. The normalized spacial score (nSPS) is 16.2. The summed E-state index contributed by atoms with van der Waals surface area (Å²) in [5, 5.41) is 4.24. The Hall–Kier alpha value is -1.55. The van der Waals surface area contributed by atoms with Crippen molar-refractivity contribution < 1.29 is 4.74 Å². The van der Waals surface area contributed by atoms with Gasteiger partial charge in [0, 0.05) is 31.2 Å². The van der Waals surface area contributed by atoms with Gasteiger partial charge in [-0.25, -0.2) is 0 Å². The number of nitrogens with zero attached hydrogens (tertiary/aromatic N) is 1. The molecule has 1 fully saturated rings. The van der Waals surface area contributed by atoms with Crippen LogP contribution in [-0.4, -0.2) is 31.1 Å². The van der Waals surface area contributed by atoms with Crippen LogP contribution in [0.4, 0.5) is 0 Å². The van der Waals surface area contributed by atoms with E-state index in [1.54, 1.807) is 0 Å². The second kappa shape index (κ2) is 8.52. The highest BCUT2D eigenvalue weighted by atomic mass is 35.5. The fraction of sp³-hybridized carbons (Fsp3) is 0.400.